The maximum Gasteiger partial charge on any atom is 0.243 e. The van der Waals surface area contributed by atoms with E-state index in [1.165, 1.54) is 25.7 Å². The zero-order chi connectivity index (χ0) is 14.7. The van der Waals surface area contributed by atoms with Crippen LogP contribution in [-0.2, 0) is 0 Å². The van der Waals surface area contributed by atoms with Crippen molar-refractivity contribution in [2.24, 2.45) is 23.5 Å². The van der Waals surface area contributed by atoms with E-state index in [1.54, 1.807) is 0 Å². The molecule has 1 heterocycles. The van der Waals surface area contributed by atoms with E-state index < -0.39 is 0 Å². The van der Waals surface area contributed by atoms with E-state index in [1.807, 2.05) is 0 Å². The van der Waals surface area contributed by atoms with Crippen molar-refractivity contribution >= 4 is 0 Å². The first-order valence-corrected chi connectivity index (χ1v) is 8.06. The van der Waals surface area contributed by atoms with Crippen LogP contribution in [0.4, 0.5) is 0 Å². The van der Waals surface area contributed by atoms with E-state index in [-0.39, 0.29) is 6.04 Å². The summed E-state index contributed by atoms with van der Waals surface area (Å²) in [6, 6.07) is -0.122. The van der Waals surface area contributed by atoms with Crippen molar-refractivity contribution in [3.8, 4) is 0 Å². The number of nitrogens with zero attached hydrogens (tertiary/aromatic N) is 2. The van der Waals surface area contributed by atoms with Crippen molar-refractivity contribution in [2.75, 3.05) is 0 Å². The lowest BCUT2D eigenvalue weighted by molar-refractivity contribution is 0.251. The van der Waals surface area contributed by atoms with Crippen molar-refractivity contribution in [1.82, 2.24) is 10.1 Å². The molecule has 114 valence electrons. The Labute approximate surface area is 122 Å². The molecule has 2 N–H and O–H groups in total. The molecule has 0 bridgehead atoms. The minimum Gasteiger partial charge on any atom is -0.338 e. The molecule has 0 spiro atoms. The van der Waals surface area contributed by atoms with Gasteiger partial charge in [-0.2, -0.15) is 4.98 Å². The second-order valence-electron chi connectivity index (χ2n) is 7.08. The smallest absolute Gasteiger partial charge is 0.243 e. The fraction of sp³-hybridized carbons (Fsp3) is 0.875. The van der Waals surface area contributed by atoms with Crippen molar-refractivity contribution < 1.29 is 4.52 Å². The molecule has 1 aromatic heterocycles. The normalized spacial score (nSPS) is 25.4. The molecule has 0 aliphatic heterocycles. The molecule has 0 aromatic carbocycles. The Morgan fingerprint density at radius 3 is 2.35 bits per heavy atom. The molecule has 0 radical (unpaired) electrons. The topological polar surface area (TPSA) is 64.9 Å². The molecular formula is C16H29N3O. The average Bonchev–Trinajstić information content (AvgIpc) is 2.87. The predicted octanol–water partition coefficient (Wildman–Crippen LogP) is 4.05. The summed E-state index contributed by atoms with van der Waals surface area (Å²) in [4.78, 5) is 4.55. The first-order chi connectivity index (χ1) is 9.47. The Kier molecular flexibility index (Phi) is 5.19. The van der Waals surface area contributed by atoms with E-state index in [0.29, 0.717) is 17.7 Å². The van der Waals surface area contributed by atoms with E-state index >= 15 is 0 Å². The van der Waals surface area contributed by atoms with Gasteiger partial charge in [0.15, 0.2) is 5.82 Å². The fourth-order valence-corrected chi connectivity index (χ4v) is 3.22. The summed E-state index contributed by atoms with van der Waals surface area (Å²) in [5.74, 6) is 4.15. The zero-order valence-corrected chi connectivity index (χ0v) is 13.3. The lowest BCUT2D eigenvalue weighted by atomic mass is 9.77. The summed E-state index contributed by atoms with van der Waals surface area (Å²) < 4.78 is 5.37. The summed E-state index contributed by atoms with van der Waals surface area (Å²) in [6.45, 7) is 8.96. The highest BCUT2D eigenvalue weighted by atomic mass is 16.5. The van der Waals surface area contributed by atoms with Crippen LogP contribution in [0.3, 0.4) is 0 Å². The van der Waals surface area contributed by atoms with Crippen LogP contribution in [0.5, 0.6) is 0 Å². The predicted molar refractivity (Wildman–Crippen MR) is 80.2 cm³/mol. The molecule has 0 saturated heterocycles. The van der Waals surface area contributed by atoms with Gasteiger partial charge in [-0.25, -0.2) is 0 Å². The van der Waals surface area contributed by atoms with Crippen LogP contribution in [0.1, 0.15) is 83.5 Å². The van der Waals surface area contributed by atoms with Gasteiger partial charge in [0.1, 0.15) is 0 Å². The van der Waals surface area contributed by atoms with Gasteiger partial charge in [-0.15, -0.1) is 0 Å². The van der Waals surface area contributed by atoms with Crippen LogP contribution in [0.15, 0.2) is 4.52 Å². The van der Waals surface area contributed by atoms with Gasteiger partial charge in [0.25, 0.3) is 0 Å². The molecule has 1 aromatic rings. The molecule has 1 aliphatic rings. The molecule has 1 atom stereocenters. The Bertz CT molecular complexity index is 406. The molecular weight excluding hydrogens is 250 g/mol. The lowest BCUT2D eigenvalue weighted by Crippen LogP contribution is -2.18. The van der Waals surface area contributed by atoms with Crippen molar-refractivity contribution in [3.05, 3.63) is 11.7 Å². The third-order valence-corrected chi connectivity index (χ3v) is 4.58. The SMILES string of the molecule is CC(C)CC(N)c1nc(C2CCC(C(C)C)CC2)no1. The Morgan fingerprint density at radius 1 is 1.15 bits per heavy atom. The number of aromatic nitrogens is 2. The molecule has 2 rings (SSSR count). The lowest BCUT2D eigenvalue weighted by Gasteiger charge is -2.29. The molecule has 4 nitrogen and oxygen atoms in total. The third kappa shape index (κ3) is 3.81. The summed E-state index contributed by atoms with van der Waals surface area (Å²) in [7, 11) is 0. The van der Waals surface area contributed by atoms with Crippen LogP contribution < -0.4 is 5.73 Å². The second-order valence-corrected chi connectivity index (χ2v) is 7.08. The highest BCUT2D eigenvalue weighted by molar-refractivity contribution is 5.00. The Hall–Kier alpha value is -0.900. The van der Waals surface area contributed by atoms with Gasteiger partial charge in [0.05, 0.1) is 6.04 Å². The van der Waals surface area contributed by atoms with Gasteiger partial charge in [-0.05, 0) is 49.9 Å². The van der Waals surface area contributed by atoms with Crippen molar-refractivity contribution in [3.63, 3.8) is 0 Å². The van der Waals surface area contributed by atoms with Crippen LogP contribution in [-0.4, -0.2) is 10.1 Å². The monoisotopic (exact) mass is 279 g/mol. The highest BCUT2D eigenvalue weighted by Crippen LogP contribution is 2.37. The standard InChI is InChI=1S/C16H29N3O/c1-10(2)9-14(17)16-18-15(19-20-16)13-7-5-12(6-8-13)11(3)4/h10-14H,5-9,17H2,1-4H3. The van der Waals surface area contributed by atoms with Crippen LogP contribution in [0, 0.1) is 17.8 Å². The Balaban J connectivity index is 1.93. The molecule has 1 saturated carbocycles. The van der Waals surface area contributed by atoms with Crippen molar-refractivity contribution in [2.45, 2.75) is 71.8 Å². The fourth-order valence-electron chi connectivity index (χ4n) is 3.22. The minimum absolute atomic E-state index is 0.122. The third-order valence-electron chi connectivity index (χ3n) is 4.58. The maximum atomic E-state index is 6.10. The Morgan fingerprint density at radius 2 is 1.80 bits per heavy atom. The van der Waals surface area contributed by atoms with Gasteiger partial charge in [-0.3, -0.25) is 0 Å². The van der Waals surface area contributed by atoms with Gasteiger partial charge in [-0.1, -0.05) is 32.9 Å². The zero-order valence-electron chi connectivity index (χ0n) is 13.3. The molecule has 4 heteroatoms. The molecule has 20 heavy (non-hydrogen) atoms. The maximum absolute atomic E-state index is 6.10. The van der Waals surface area contributed by atoms with Crippen LogP contribution in [0.25, 0.3) is 0 Å². The molecule has 1 unspecified atom stereocenters. The number of rotatable bonds is 5. The van der Waals surface area contributed by atoms with Gasteiger partial charge in [0, 0.05) is 5.92 Å². The van der Waals surface area contributed by atoms with Gasteiger partial charge >= 0.3 is 0 Å². The molecule has 1 aliphatic carbocycles. The van der Waals surface area contributed by atoms with Gasteiger partial charge < -0.3 is 10.3 Å². The first-order valence-electron chi connectivity index (χ1n) is 8.06. The number of nitrogens with two attached hydrogens (primary N) is 1. The highest BCUT2D eigenvalue weighted by Gasteiger charge is 2.28. The second kappa shape index (κ2) is 6.70. The van der Waals surface area contributed by atoms with Gasteiger partial charge in [0.2, 0.25) is 5.89 Å². The number of hydrogen-bond acceptors (Lipinski definition) is 4. The van der Waals surface area contributed by atoms with E-state index in [0.717, 1.165) is 24.1 Å². The number of hydrogen-bond donors (Lipinski definition) is 1. The van der Waals surface area contributed by atoms with Crippen LogP contribution in [0.2, 0.25) is 0 Å². The van der Waals surface area contributed by atoms with E-state index in [4.69, 9.17) is 10.3 Å². The first kappa shape index (κ1) is 15.5. The average molecular weight is 279 g/mol. The molecule has 1 fully saturated rings. The minimum atomic E-state index is -0.122. The summed E-state index contributed by atoms with van der Waals surface area (Å²) in [5, 5.41) is 4.17. The summed E-state index contributed by atoms with van der Waals surface area (Å²) in [5.41, 5.74) is 6.10. The summed E-state index contributed by atoms with van der Waals surface area (Å²) >= 11 is 0. The van der Waals surface area contributed by atoms with E-state index in [9.17, 15) is 0 Å². The summed E-state index contributed by atoms with van der Waals surface area (Å²) in [6.07, 6.45) is 5.82. The van der Waals surface area contributed by atoms with Crippen molar-refractivity contribution in [1.29, 1.82) is 0 Å². The van der Waals surface area contributed by atoms with Crippen LogP contribution >= 0.6 is 0 Å². The van der Waals surface area contributed by atoms with E-state index in [2.05, 4.69) is 37.8 Å². The quantitative estimate of drug-likeness (QED) is 0.883. The largest absolute Gasteiger partial charge is 0.338 e. The molecule has 0 amide bonds.